The number of hydrogen-bond donors (Lipinski definition) is 0. The summed E-state index contributed by atoms with van der Waals surface area (Å²) in [6.45, 7) is 5.48. The molecule has 6 rings (SSSR count). The normalized spacial score (nSPS) is 17.9. The number of aromatic nitrogens is 4. The number of hydrogen-bond acceptors (Lipinski definition) is 10. The van der Waals surface area contributed by atoms with Crippen LogP contribution in [0.15, 0.2) is 48.7 Å². The summed E-state index contributed by atoms with van der Waals surface area (Å²) in [5.41, 5.74) is 2.45. The summed E-state index contributed by atoms with van der Waals surface area (Å²) in [4.78, 5) is 28.2. The number of halogens is 1. The van der Waals surface area contributed by atoms with Gasteiger partial charge in [-0.3, -0.25) is 4.90 Å². The van der Waals surface area contributed by atoms with E-state index in [0.29, 0.717) is 30.4 Å². The number of esters is 1. The second kappa shape index (κ2) is 13.0. The molecule has 0 bridgehead atoms. The van der Waals surface area contributed by atoms with Gasteiger partial charge in [0, 0.05) is 32.0 Å². The Kier molecular flexibility index (Phi) is 8.67. The number of benzene rings is 2. The molecule has 0 saturated carbocycles. The fraction of sp³-hybridized carbons (Fsp3) is 0.406. The monoisotopic (exact) mass is 600 g/mol. The van der Waals surface area contributed by atoms with Crippen molar-refractivity contribution in [2.75, 3.05) is 26.8 Å². The van der Waals surface area contributed by atoms with Crippen molar-refractivity contribution >= 4 is 17.0 Å². The number of rotatable bonds is 10. The highest BCUT2D eigenvalue weighted by atomic mass is 19.1. The van der Waals surface area contributed by atoms with Crippen LogP contribution in [0.1, 0.15) is 59.9 Å². The highest BCUT2D eigenvalue weighted by Gasteiger charge is 2.26. The van der Waals surface area contributed by atoms with Crippen molar-refractivity contribution in [3.8, 4) is 17.7 Å². The first-order valence-corrected chi connectivity index (χ1v) is 14.7. The van der Waals surface area contributed by atoms with E-state index in [1.807, 2.05) is 18.2 Å². The molecule has 44 heavy (non-hydrogen) atoms. The van der Waals surface area contributed by atoms with Crippen LogP contribution in [-0.4, -0.2) is 69.4 Å². The zero-order valence-corrected chi connectivity index (χ0v) is 24.6. The second-order valence-corrected chi connectivity index (χ2v) is 11.0. The van der Waals surface area contributed by atoms with Gasteiger partial charge in [-0.25, -0.2) is 19.2 Å². The maximum absolute atomic E-state index is 14.3. The number of carbonyl (C=O) groups is 1. The molecule has 0 radical (unpaired) electrons. The van der Waals surface area contributed by atoms with Gasteiger partial charge in [0.15, 0.2) is 23.5 Å². The highest BCUT2D eigenvalue weighted by Crippen LogP contribution is 2.27. The lowest BCUT2D eigenvalue weighted by molar-refractivity contribution is -0.0592. The molecule has 2 fully saturated rings. The molecule has 2 aliphatic heterocycles. The van der Waals surface area contributed by atoms with E-state index >= 15 is 0 Å². The Morgan fingerprint density at radius 3 is 2.68 bits per heavy atom. The third-order valence-electron chi connectivity index (χ3n) is 7.99. The largest absolute Gasteiger partial charge is 0.480 e. The minimum Gasteiger partial charge on any atom is -0.480 e. The number of nitriles is 1. The molecule has 0 aliphatic carbocycles. The standard InChI is InChI=1S/C32H33FN6O5/c1-20(43-28-6-3-21(17-34)15-25(28)33)31-35-11-7-30(37-31)44-23-8-12-38(13-9-23)19-29-36-26-5-4-22(32(40)41-2)16-27(26)39(29)18-24-10-14-42-24/h3-7,11,15-16,20,23-24H,8-10,12-14,18-19H2,1-2H3/t20?,24-/m0/s1. The van der Waals surface area contributed by atoms with Gasteiger partial charge in [0.05, 0.1) is 54.5 Å². The summed E-state index contributed by atoms with van der Waals surface area (Å²) < 4.78 is 39.1. The van der Waals surface area contributed by atoms with Gasteiger partial charge in [-0.1, -0.05) is 0 Å². The summed E-state index contributed by atoms with van der Waals surface area (Å²) in [5.74, 6) is 0.775. The van der Waals surface area contributed by atoms with Crippen LogP contribution >= 0.6 is 0 Å². The van der Waals surface area contributed by atoms with Crippen LogP contribution in [0.2, 0.25) is 0 Å². The van der Waals surface area contributed by atoms with E-state index in [9.17, 15) is 9.18 Å². The molecular formula is C32H33FN6O5. The number of nitrogens with zero attached hydrogens (tertiary/aromatic N) is 6. The third-order valence-corrected chi connectivity index (χ3v) is 7.99. The Hall–Kier alpha value is -4.60. The molecule has 0 spiro atoms. The van der Waals surface area contributed by atoms with E-state index < -0.39 is 11.9 Å². The maximum Gasteiger partial charge on any atom is 0.337 e. The average Bonchev–Trinajstić information content (AvgIpc) is 3.36. The SMILES string of the molecule is COC(=O)c1ccc2nc(CN3CCC(Oc4ccnc(C(C)Oc5ccc(C#N)cc5F)n4)CC3)n(C[C@@H]3CCO3)c2c1. The number of carbonyl (C=O) groups excluding carboxylic acids is 1. The molecular weight excluding hydrogens is 567 g/mol. The first-order chi connectivity index (χ1) is 21.4. The van der Waals surface area contributed by atoms with E-state index in [0.717, 1.165) is 61.9 Å². The molecule has 4 aromatic rings. The molecule has 2 aliphatic rings. The van der Waals surface area contributed by atoms with Crippen LogP contribution in [0, 0.1) is 17.1 Å². The molecule has 12 heteroatoms. The van der Waals surface area contributed by atoms with Gasteiger partial charge in [0.2, 0.25) is 5.88 Å². The minimum absolute atomic E-state index is 0.0222. The number of methoxy groups -OCH3 is 1. The van der Waals surface area contributed by atoms with Crippen LogP contribution in [0.3, 0.4) is 0 Å². The molecule has 2 aromatic heterocycles. The fourth-order valence-corrected chi connectivity index (χ4v) is 5.46. The first-order valence-electron chi connectivity index (χ1n) is 14.7. The van der Waals surface area contributed by atoms with E-state index in [-0.39, 0.29) is 29.5 Å². The van der Waals surface area contributed by atoms with Crippen molar-refractivity contribution in [1.29, 1.82) is 5.26 Å². The number of ether oxygens (including phenoxy) is 4. The second-order valence-electron chi connectivity index (χ2n) is 11.0. The number of piperidine rings is 1. The number of fused-ring (bicyclic) bond motifs is 1. The molecule has 0 amide bonds. The number of imidazole rings is 1. The molecule has 4 heterocycles. The molecule has 0 N–H and O–H groups in total. The molecule has 2 atom stereocenters. The topological polar surface area (TPSA) is 125 Å². The van der Waals surface area contributed by atoms with Crippen LogP contribution in [0.25, 0.3) is 11.0 Å². The van der Waals surface area contributed by atoms with Gasteiger partial charge >= 0.3 is 5.97 Å². The van der Waals surface area contributed by atoms with Crippen LogP contribution in [0.4, 0.5) is 4.39 Å². The lowest BCUT2D eigenvalue weighted by Gasteiger charge is -2.32. The van der Waals surface area contributed by atoms with Crippen molar-refractivity contribution in [2.24, 2.45) is 0 Å². The molecule has 1 unspecified atom stereocenters. The Labute approximate surface area is 254 Å². The van der Waals surface area contributed by atoms with E-state index in [4.69, 9.17) is 29.2 Å². The average molecular weight is 601 g/mol. The maximum atomic E-state index is 14.3. The zero-order chi connectivity index (χ0) is 30.6. The predicted molar refractivity (Wildman–Crippen MR) is 157 cm³/mol. The molecule has 11 nitrogen and oxygen atoms in total. The smallest absolute Gasteiger partial charge is 0.337 e. The van der Waals surface area contributed by atoms with E-state index in [1.54, 1.807) is 25.3 Å². The minimum atomic E-state index is -0.629. The van der Waals surface area contributed by atoms with Gasteiger partial charge in [-0.15, -0.1) is 0 Å². The van der Waals surface area contributed by atoms with E-state index in [2.05, 4.69) is 19.4 Å². The van der Waals surface area contributed by atoms with Crippen LogP contribution in [-0.2, 0) is 22.6 Å². The van der Waals surface area contributed by atoms with E-state index in [1.165, 1.54) is 19.2 Å². The quantitative estimate of drug-likeness (QED) is 0.239. The van der Waals surface area contributed by atoms with Crippen LogP contribution < -0.4 is 9.47 Å². The fourth-order valence-electron chi connectivity index (χ4n) is 5.46. The van der Waals surface area contributed by atoms with Crippen molar-refractivity contribution in [2.45, 2.75) is 57.6 Å². The Balaban J connectivity index is 1.08. The third kappa shape index (κ3) is 6.49. The zero-order valence-electron chi connectivity index (χ0n) is 24.6. The van der Waals surface area contributed by atoms with Crippen molar-refractivity contribution in [1.82, 2.24) is 24.4 Å². The van der Waals surface area contributed by atoms with Gasteiger partial charge in [0.1, 0.15) is 11.9 Å². The summed E-state index contributed by atoms with van der Waals surface area (Å²) in [6.07, 6.45) is 3.70. The van der Waals surface area contributed by atoms with Gasteiger partial charge in [-0.2, -0.15) is 10.2 Å². The summed E-state index contributed by atoms with van der Waals surface area (Å²) in [7, 11) is 1.38. The Morgan fingerprint density at radius 1 is 1.16 bits per heavy atom. The molecule has 2 aromatic carbocycles. The summed E-state index contributed by atoms with van der Waals surface area (Å²) >= 11 is 0. The summed E-state index contributed by atoms with van der Waals surface area (Å²) in [6, 6.07) is 13.1. The number of likely N-dealkylation sites (tertiary alicyclic amines) is 1. The lowest BCUT2D eigenvalue weighted by atomic mass is 10.1. The summed E-state index contributed by atoms with van der Waals surface area (Å²) in [5, 5.41) is 8.95. The predicted octanol–water partition coefficient (Wildman–Crippen LogP) is 4.60. The Morgan fingerprint density at radius 2 is 1.98 bits per heavy atom. The molecule has 228 valence electrons. The highest BCUT2D eigenvalue weighted by molar-refractivity contribution is 5.93. The Bertz CT molecular complexity index is 1690. The van der Waals surface area contributed by atoms with Gasteiger partial charge in [0.25, 0.3) is 0 Å². The van der Waals surface area contributed by atoms with Crippen molar-refractivity contribution in [3.05, 3.63) is 77.3 Å². The van der Waals surface area contributed by atoms with Crippen LogP contribution in [0.5, 0.6) is 11.6 Å². The first kappa shape index (κ1) is 29.5. The molecule has 2 saturated heterocycles. The lowest BCUT2D eigenvalue weighted by Crippen LogP contribution is -2.39. The van der Waals surface area contributed by atoms with Crippen molar-refractivity contribution < 1.29 is 28.1 Å². The van der Waals surface area contributed by atoms with Gasteiger partial charge in [-0.05, 0) is 62.6 Å². The van der Waals surface area contributed by atoms with Gasteiger partial charge < -0.3 is 23.5 Å². The van der Waals surface area contributed by atoms with Crippen molar-refractivity contribution in [3.63, 3.8) is 0 Å².